The predicted octanol–water partition coefficient (Wildman–Crippen LogP) is 4.82. The van der Waals surface area contributed by atoms with Crippen molar-refractivity contribution < 1.29 is 19.4 Å². The van der Waals surface area contributed by atoms with Crippen LogP contribution < -0.4 is 15.2 Å². The molecule has 33 heavy (non-hydrogen) atoms. The van der Waals surface area contributed by atoms with Crippen molar-refractivity contribution in [3.63, 3.8) is 0 Å². The number of imidazole rings is 1. The number of phenols is 1. The number of hydrogen-bond acceptors (Lipinski definition) is 6. The molecule has 0 saturated carbocycles. The number of aromatic nitrogens is 2. The molecule has 2 heterocycles. The minimum Gasteiger partial charge on any atom is -0.502 e. The second-order valence-electron chi connectivity index (χ2n) is 7.28. The summed E-state index contributed by atoms with van der Waals surface area (Å²) >= 11 is 1.60. The molecule has 2 N–H and O–H groups in total. The predicted molar refractivity (Wildman–Crippen MR) is 129 cm³/mol. The maximum Gasteiger partial charge on any atom is 0.330 e. The minimum atomic E-state index is -0.278. The van der Waals surface area contributed by atoms with Crippen molar-refractivity contribution in [3.8, 4) is 33.5 Å². The van der Waals surface area contributed by atoms with Crippen molar-refractivity contribution in [2.75, 3.05) is 14.2 Å². The number of nitrogens with one attached hydrogen (secondary N) is 1. The Labute approximate surface area is 194 Å². The molecule has 0 spiro atoms. The van der Waals surface area contributed by atoms with E-state index in [1.54, 1.807) is 60.0 Å². The Morgan fingerprint density at radius 3 is 2.45 bits per heavy atom. The van der Waals surface area contributed by atoms with Gasteiger partial charge in [0.1, 0.15) is 0 Å². The van der Waals surface area contributed by atoms with Crippen LogP contribution in [0.25, 0.3) is 22.3 Å². The maximum atomic E-state index is 12.8. The lowest BCUT2D eigenvalue weighted by Crippen LogP contribution is -2.14. The molecular formula is C25H22N2O5S. The number of benzene rings is 2. The summed E-state index contributed by atoms with van der Waals surface area (Å²) in [4.78, 5) is 30.3. The van der Waals surface area contributed by atoms with E-state index in [1.807, 2.05) is 19.1 Å². The van der Waals surface area contributed by atoms with Crippen LogP contribution in [0.5, 0.6) is 17.2 Å². The van der Waals surface area contributed by atoms with Crippen LogP contribution in [0.3, 0.4) is 0 Å². The number of carbonyl (C=O) groups excluding carboxylic acids is 1. The fourth-order valence-corrected chi connectivity index (χ4v) is 4.21. The number of allylic oxidation sites excluding steroid dienone is 1. The van der Waals surface area contributed by atoms with Crippen LogP contribution in [0.4, 0.5) is 0 Å². The molecule has 0 aliphatic heterocycles. The molecule has 0 aliphatic rings. The standard InChI is InChI=1S/C25H22N2O5S/c1-15-7-10-23(33-15)19-14-27(25(30)26-19)18-6-4-5-17(13-18)20(28)9-8-16-11-21(31-2)24(29)22(12-16)32-3/h4-14,29H,1-3H3,(H,26,30). The number of hydrogen-bond donors (Lipinski definition) is 2. The van der Waals surface area contributed by atoms with E-state index in [9.17, 15) is 14.7 Å². The average Bonchev–Trinajstić information content (AvgIpc) is 3.43. The van der Waals surface area contributed by atoms with E-state index >= 15 is 0 Å². The van der Waals surface area contributed by atoms with Crippen LogP contribution in [0.2, 0.25) is 0 Å². The molecule has 2 aromatic heterocycles. The highest BCUT2D eigenvalue weighted by Crippen LogP contribution is 2.37. The Kier molecular flexibility index (Phi) is 6.19. The number of aryl methyl sites for hydroxylation is 1. The first-order valence-electron chi connectivity index (χ1n) is 10.1. The van der Waals surface area contributed by atoms with Gasteiger partial charge in [-0.1, -0.05) is 18.2 Å². The van der Waals surface area contributed by atoms with E-state index in [1.165, 1.54) is 24.9 Å². The molecule has 0 amide bonds. The normalized spacial score (nSPS) is 11.1. The van der Waals surface area contributed by atoms with Crippen LogP contribution >= 0.6 is 11.3 Å². The third kappa shape index (κ3) is 4.61. The summed E-state index contributed by atoms with van der Waals surface area (Å²) in [6.45, 7) is 2.01. The van der Waals surface area contributed by atoms with Gasteiger partial charge in [-0.2, -0.15) is 0 Å². The summed E-state index contributed by atoms with van der Waals surface area (Å²) < 4.78 is 11.8. The Morgan fingerprint density at radius 1 is 1.09 bits per heavy atom. The van der Waals surface area contributed by atoms with Crippen LogP contribution in [0, 0.1) is 6.92 Å². The van der Waals surface area contributed by atoms with Crippen molar-refractivity contribution in [2.45, 2.75) is 6.92 Å². The highest BCUT2D eigenvalue weighted by molar-refractivity contribution is 7.15. The van der Waals surface area contributed by atoms with Crippen LogP contribution in [0.1, 0.15) is 20.8 Å². The van der Waals surface area contributed by atoms with E-state index in [4.69, 9.17) is 9.47 Å². The van der Waals surface area contributed by atoms with Crippen molar-refractivity contribution in [3.05, 3.63) is 87.3 Å². The molecule has 8 heteroatoms. The number of H-pyrrole nitrogens is 1. The number of methoxy groups -OCH3 is 2. The van der Waals surface area contributed by atoms with Gasteiger partial charge in [0.25, 0.3) is 0 Å². The van der Waals surface area contributed by atoms with Gasteiger partial charge < -0.3 is 19.6 Å². The zero-order valence-electron chi connectivity index (χ0n) is 18.3. The fourth-order valence-electron chi connectivity index (χ4n) is 3.38. The molecule has 0 saturated heterocycles. The zero-order valence-corrected chi connectivity index (χ0v) is 19.1. The van der Waals surface area contributed by atoms with Crippen LogP contribution in [0.15, 0.2) is 65.6 Å². The summed E-state index contributed by atoms with van der Waals surface area (Å²) in [5.41, 5.74) is 2.10. The van der Waals surface area contributed by atoms with Gasteiger partial charge in [0.05, 0.1) is 30.5 Å². The lowest BCUT2D eigenvalue weighted by Gasteiger charge is -2.09. The lowest BCUT2D eigenvalue weighted by molar-refractivity contribution is 0.104. The number of carbonyl (C=O) groups is 1. The number of thiophene rings is 1. The molecule has 0 atom stereocenters. The average molecular weight is 463 g/mol. The molecule has 0 bridgehead atoms. The number of aromatic amines is 1. The third-order valence-electron chi connectivity index (χ3n) is 5.06. The first-order valence-corrected chi connectivity index (χ1v) is 10.9. The molecule has 0 fully saturated rings. The SMILES string of the molecule is COc1cc(C=CC(=O)c2cccc(-n3cc(-c4ccc(C)s4)[nH]c3=O)c2)cc(OC)c1O. The van der Waals surface area contributed by atoms with E-state index in [0.29, 0.717) is 16.8 Å². The van der Waals surface area contributed by atoms with Gasteiger partial charge in [-0.3, -0.25) is 9.36 Å². The number of rotatable bonds is 7. The topological polar surface area (TPSA) is 93.6 Å². The fraction of sp³-hybridized carbons (Fsp3) is 0.120. The first kappa shape index (κ1) is 22.2. The van der Waals surface area contributed by atoms with Gasteiger partial charge in [0.2, 0.25) is 5.75 Å². The maximum absolute atomic E-state index is 12.8. The van der Waals surface area contributed by atoms with Crippen LogP contribution in [-0.2, 0) is 0 Å². The molecule has 4 aromatic rings. The second-order valence-corrected chi connectivity index (χ2v) is 8.56. The summed E-state index contributed by atoms with van der Waals surface area (Å²) in [6.07, 6.45) is 4.77. The van der Waals surface area contributed by atoms with E-state index in [0.717, 1.165) is 15.4 Å². The number of ether oxygens (including phenoxy) is 2. The van der Waals surface area contributed by atoms with Crippen molar-refractivity contribution in [2.24, 2.45) is 0 Å². The number of ketones is 1. The molecule has 4 rings (SSSR count). The van der Waals surface area contributed by atoms with E-state index in [-0.39, 0.29) is 28.7 Å². The summed E-state index contributed by atoms with van der Waals surface area (Å²) in [5.74, 6) is 0.143. The van der Waals surface area contributed by atoms with Crippen molar-refractivity contribution in [1.82, 2.24) is 9.55 Å². The second kappa shape index (κ2) is 9.22. The van der Waals surface area contributed by atoms with Gasteiger partial charge in [0, 0.05) is 16.6 Å². The Hall–Kier alpha value is -4.04. The van der Waals surface area contributed by atoms with Gasteiger partial charge in [-0.15, -0.1) is 11.3 Å². The van der Waals surface area contributed by atoms with Gasteiger partial charge >= 0.3 is 5.69 Å². The first-order chi connectivity index (χ1) is 15.9. The number of phenolic OH excluding ortho intramolecular Hbond substituents is 1. The monoisotopic (exact) mass is 462 g/mol. The Bertz CT molecular complexity index is 1390. The number of aromatic hydroxyl groups is 1. The van der Waals surface area contributed by atoms with Crippen LogP contribution in [-0.4, -0.2) is 34.7 Å². The third-order valence-corrected chi connectivity index (χ3v) is 6.10. The van der Waals surface area contributed by atoms with E-state index < -0.39 is 0 Å². The smallest absolute Gasteiger partial charge is 0.330 e. The Morgan fingerprint density at radius 2 is 1.82 bits per heavy atom. The van der Waals surface area contributed by atoms with Gasteiger partial charge in [-0.25, -0.2) is 4.79 Å². The molecular weight excluding hydrogens is 440 g/mol. The lowest BCUT2D eigenvalue weighted by atomic mass is 10.1. The number of nitrogens with zero attached hydrogens (tertiary/aromatic N) is 1. The molecule has 2 aromatic carbocycles. The van der Waals surface area contributed by atoms with Crippen molar-refractivity contribution >= 4 is 23.2 Å². The van der Waals surface area contributed by atoms with Gasteiger partial charge in [-0.05, 0) is 55.0 Å². The minimum absolute atomic E-state index is 0.106. The highest BCUT2D eigenvalue weighted by atomic mass is 32.1. The molecule has 168 valence electrons. The van der Waals surface area contributed by atoms with E-state index in [2.05, 4.69) is 4.98 Å². The summed E-state index contributed by atoms with van der Waals surface area (Å²) in [7, 11) is 2.87. The molecule has 0 radical (unpaired) electrons. The largest absolute Gasteiger partial charge is 0.502 e. The quantitative estimate of drug-likeness (QED) is 0.303. The Balaban J connectivity index is 1.61. The highest BCUT2D eigenvalue weighted by Gasteiger charge is 2.12. The van der Waals surface area contributed by atoms with Gasteiger partial charge in [0.15, 0.2) is 17.3 Å². The summed E-state index contributed by atoms with van der Waals surface area (Å²) in [6, 6.07) is 14.0. The zero-order chi connectivity index (χ0) is 23.5. The van der Waals surface area contributed by atoms with Crippen molar-refractivity contribution in [1.29, 1.82) is 0 Å². The molecule has 0 aliphatic carbocycles. The molecule has 7 nitrogen and oxygen atoms in total. The summed E-state index contributed by atoms with van der Waals surface area (Å²) in [5, 5.41) is 10.0. The molecule has 0 unspecified atom stereocenters.